The lowest BCUT2D eigenvalue weighted by Gasteiger charge is -2.25. The summed E-state index contributed by atoms with van der Waals surface area (Å²) in [7, 11) is 0. The van der Waals surface area contributed by atoms with E-state index >= 15 is 0 Å². The first-order chi connectivity index (χ1) is 10.9. The molecule has 0 unspecified atom stereocenters. The van der Waals surface area contributed by atoms with E-state index in [2.05, 4.69) is 5.32 Å². The Morgan fingerprint density at radius 2 is 2.17 bits per heavy atom. The Kier molecular flexibility index (Phi) is 5.17. The van der Waals surface area contributed by atoms with Gasteiger partial charge in [0, 0.05) is 6.54 Å². The highest BCUT2D eigenvalue weighted by atomic mass is 16.3. The molecule has 1 heterocycles. The lowest BCUT2D eigenvalue weighted by atomic mass is 10.1. The lowest BCUT2D eigenvalue weighted by molar-refractivity contribution is -0.137. The van der Waals surface area contributed by atoms with E-state index < -0.39 is 23.9 Å². The van der Waals surface area contributed by atoms with Gasteiger partial charge in [-0.05, 0) is 24.6 Å². The number of carbonyl (C=O) groups excluding carboxylic acids is 3. The molecule has 124 valence electrons. The Labute approximate surface area is 133 Å². The molecule has 2 rings (SSSR count). The maximum Gasteiger partial charge on any atom is 0.325 e. The largest absolute Gasteiger partial charge is 0.508 e. The standard InChI is InChI=1S/C15H19N3O5/c1-2-17(8-12(20)10-4-3-5-11(19)6-10)14(22)9-18-13(21)7-16-15(18)23/h3-6,12,19-20H,2,7-9H2,1H3,(H,16,23)/t12-/m0/s1. The molecule has 1 fully saturated rings. The zero-order valence-corrected chi connectivity index (χ0v) is 12.7. The average Bonchev–Trinajstić information content (AvgIpc) is 2.84. The van der Waals surface area contributed by atoms with Gasteiger partial charge in [0.25, 0.3) is 5.91 Å². The first-order valence-corrected chi connectivity index (χ1v) is 7.25. The van der Waals surface area contributed by atoms with Gasteiger partial charge in [-0.25, -0.2) is 4.79 Å². The second-order valence-electron chi connectivity index (χ2n) is 5.18. The predicted molar refractivity (Wildman–Crippen MR) is 80.4 cm³/mol. The molecule has 0 aromatic heterocycles. The van der Waals surface area contributed by atoms with Crippen LogP contribution in [0.3, 0.4) is 0 Å². The topological polar surface area (TPSA) is 110 Å². The van der Waals surface area contributed by atoms with Gasteiger partial charge in [0.05, 0.1) is 19.2 Å². The molecule has 1 atom stereocenters. The van der Waals surface area contributed by atoms with Crippen LogP contribution >= 0.6 is 0 Å². The van der Waals surface area contributed by atoms with Gasteiger partial charge in [0.15, 0.2) is 0 Å². The number of nitrogens with one attached hydrogen (secondary N) is 1. The Hall–Kier alpha value is -2.61. The molecule has 0 saturated carbocycles. The van der Waals surface area contributed by atoms with E-state index in [1.807, 2.05) is 0 Å². The SMILES string of the molecule is CCN(C[C@H](O)c1cccc(O)c1)C(=O)CN1C(=O)CNC1=O. The molecule has 1 aliphatic heterocycles. The number of hydrogen-bond donors (Lipinski definition) is 3. The van der Waals surface area contributed by atoms with Crippen molar-refractivity contribution in [2.45, 2.75) is 13.0 Å². The number of carbonyl (C=O) groups is 3. The summed E-state index contributed by atoms with van der Waals surface area (Å²) >= 11 is 0. The Bertz CT molecular complexity index is 603. The fourth-order valence-electron chi connectivity index (χ4n) is 2.30. The zero-order valence-electron chi connectivity index (χ0n) is 12.7. The summed E-state index contributed by atoms with van der Waals surface area (Å²) in [6.45, 7) is 1.59. The minimum absolute atomic E-state index is 0.00242. The van der Waals surface area contributed by atoms with Gasteiger partial charge in [-0.1, -0.05) is 12.1 Å². The van der Waals surface area contributed by atoms with Gasteiger partial charge in [0.1, 0.15) is 12.3 Å². The maximum absolute atomic E-state index is 12.2. The predicted octanol–water partition coefficient (Wildman–Crippen LogP) is -0.174. The van der Waals surface area contributed by atoms with E-state index in [0.717, 1.165) is 4.90 Å². The van der Waals surface area contributed by atoms with Crippen LogP contribution in [0, 0.1) is 0 Å². The lowest BCUT2D eigenvalue weighted by Crippen LogP contribution is -2.44. The van der Waals surface area contributed by atoms with E-state index in [-0.39, 0.29) is 25.4 Å². The highest BCUT2D eigenvalue weighted by Crippen LogP contribution is 2.19. The third-order valence-electron chi connectivity index (χ3n) is 3.61. The van der Waals surface area contributed by atoms with Crippen LogP contribution in [0.1, 0.15) is 18.6 Å². The van der Waals surface area contributed by atoms with Crippen molar-refractivity contribution in [3.05, 3.63) is 29.8 Å². The van der Waals surface area contributed by atoms with E-state index in [0.29, 0.717) is 12.1 Å². The fourth-order valence-corrected chi connectivity index (χ4v) is 2.30. The first-order valence-electron chi connectivity index (χ1n) is 7.25. The van der Waals surface area contributed by atoms with Crippen LogP contribution in [0.15, 0.2) is 24.3 Å². The smallest absolute Gasteiger partial charge is 0.325 e. The number of nitrogens with zero attached hydrogens (tertiary/aromatic N) is 2. The van der Waals surface area contributed by atoms with Crippen molar-refractivity contribution < 1.29 is 24.6 Å². The first kappa shape index (κ1) is 16.8. The molecule has 1 aromatic carbocycles. The van der Waals surface area contributed by atoms with Crippen molar-refractivity contribution in [1.29, 1.82) is 0 Å². The number of amides is 4. The van der Waals surface area contributed by atoms with Crippen LogP contribution in [0.25, 0.3) is 0 Å². The Morgan fingerprint density at radius 1 is 1.43 bits per heavy atom. The third kappa shape index (κ3) is 3.98. The second-order valence-corrected chi connectivity index (χ2v) is 5.18. The molecule has 0 radical (unpaired) electrons. The molecule has 0 spiro atoms. The normalized spacial score (nSPS) is 15.5. The minimum atomic E-state index is -0.978. The van der Waals surface area contributed by atoms with Crippen molar-refractivity contribution in [1.82, 2.24) is 15.1 Å². The highest BCUT2D eigenvalue weighted by Gasteiger charge is 2.31. The number of aromatic hydroxyl groups is 1. The molecule has 4 amide bonds. The molecule has 1 saturated heterocycles. The number of rotatable bonds is 6. The number of hydrogen-bond acceptors (Lipinski definition) is 5. The number of benzene rings is 1. The second kappa shape index (κ2) is 7.10. The van der Waals surface area contributed by atoms with Gasteiger partial charge < -0.3 is 20.4 Å². The number of phenols is 1. The number of urea groups is 1. The molecular weight excluding hydrogens is 302 g/mol. The molecule has 1 aromatic rings. The van der Waals surface area contributed by atoms with Crippen LogP contribution in [0.2, 0.25) is 0 Å². The quantitative estimate of drug-likeness (QED) is 0.630. The molecule has 1 aliphatic rings. The highest BCUT2D eigenvalue weighted by molar-refractivity contribution is 6.04. The van der Waals surface area contributed by atoms with Gasteiger partial charge >= 0.3 is 6.03 Å². The summed E-state index contributed by atoms with van der Waals surface area (Å²) in [5.41, 5.74) is 0.478. The fraction of sp³-hybridized carbons (Fsp3) is 0.400. The molecule has 8 heteroatoms. The minimum Gasteiger partial charge on any atom is -0.508 e. The molecule has 3 N–H and O–H groups in total. The molecular formula is C15H19N3O5. The van der Waals surface area contributed by atoms with Crippen molar-refractivity contribution in [3.63, 3.8) is 0 Å². The van der Waals surface area contributed by atoms with Crippen molar-refractivity contribution in [2.24, 2.45) is 0 Å². The maximum atomic E-state index is 12.2. The molecule has 8 nitrogen and oxygen atoms in total. The van der Waals surface area contributed by atoms with Gasteiger partial charge in [-0.3, -0.25) is 14.5 Å². The average molecular weight is 321 g/mol. The van der Waals surface area contributed by atoms with Crippen molar-refractivity contribution in [2.75, 3.05) is 26.2 Å². The van der Waals surface area contributed by atoms with Gasteiger partial charge in [0.2, 0.25) is 5.91 Å². The summed E-state index contributed by atoms with van der Waals surface area (Å²) in [5.74, 6) is -0.861. The summed E-state index contributed by atoms with van der Waals surface area (Å²) in [4.78, 5) is 37.4. The zero-order chi connectivity index (χ0) is 17.0. The van der Waals surface area contributed by atoms with Crippen LogP contribution in [-0.2, 0) is 9.59 Å². The number of imide groups is 1. The summed E-state index contributed by atoms with van der Waals surface area (Å²) in [5, 5.41) is 22.0. The van der Waals surface area contributed by atoms with E-state index in [4.69, 9.17) is 0 Å². The van der Waals surface area contributed by atoms with Crippen LogP contribution in [0.4, 0.5) is 4.79 Å². The number of phenolic OH excluding ortho intramolecular Hbond substituents is 1. The number of likely N-dealkylation sites (N-methyl/N-ethyl adjacent to an activating group) is 1. The van der Waals surface area contributed by atoms with Crippen LogP contribution in [0.5, 0.6) is 5.75 Å². The molecule has 23 heavy (non-hydrogen) atoms. The summed E-state index contributed by atoms with van der Waals surface area (Å²) < 4.78 is 0. The van der Waals surface area contributed by atoms with Gasteiger partial charge in [-0.2, -0.15) is 0 Å². The molecule has 0 aliphatic carbocycles. The van der Waals surface area contributed by atoms with Crippen LogP contribution in [-0.4, -0.2) is 64.0 Å². The monoisotopic (exact) mass is 321 g/mol. The Morgan fingerprint density at radius 3 is 2.74 bits per heavy atom. The van der Waals surface area contributed by atoms with Crippen LogP contribution < -0.4 is 5.32 Å². The summed E-state index contributed by atoms with van der Waals surface area (Å²) in [6, 6.07) is 5.55. The van der Waals surface area contributed by atoms with Gasteiger partial charge in [-0.15, -0.1) is 0 Å². The molecule has 0 bridgehead atoms. The van der Waals surface area contributed by atoms with E-state index in [1.165, 1.54) is 17.0 Å². The third-order valence-corrected chi connectivity index (χ3v) is 3.61. The summed E-state index contributed by atoms with van der Waals surface area (Å²) in [6.07, 6.45) is -0.978. The number of aliphatic hydroxyl groups excluding tert-OH is 1. The number of aliphatic hydroxyl groups is 1. The van der Waals surface area contributed by atoms with E-state index in [9.17, 15) is 24.6 Å². The van der Waals surface area contributed by atoms with Crippen molar-refractivity contribution in [3.8, 4) is 5.75 Å². The van der Waals surface area contributed by atoms with Crippen molar-refractivity contribution >= 4 is 17.8 Å². The Balaban J connectivity index is 2.00. The van der Waals surface area contributed by atoms with E-state index in [1.54, 1.807) is 19.1 Å².